The molecule has 0 aliphatic heterocycles. The fourth-order valence-electron chi connectivity index (χ4n) is 2.83. The lowest BCUT2D eigenvalue weighted by Crippen LogP contribution is -1.98. The summed E-state index contributed by atoms with van der Waals surface area (Å²) in [4.78, 5) is 0. The number of phenols is 2. The van der Waals surface area contributed by atoms with Gasteiger partial charge in [0.05, 0.1) is 22.4 Å². The quantitative estimate of drug-likeness (QED) is 0.518. The monoisotopic (exact) mass is 372 g/mol. The van der Waals surface area contributed by atoms with Gasteiger partial charge < -0.3 is 10.2 Å². The Hall–Kier alpha value is -3.12. The van der Waals surface area contributed by atoms with Crippen molar-refractivity contribution in [2.75, 3.05) is 0 Å². The van der Waals surface area contributed by atoms with E-state index in [0.717, 1.165) is 28.6 Å². The van der Waals surface area contributed by atoms with E-state index in [4.69, 9.17) is 11.6 Å². The van der Waals surface area contributed by atoms with Crippen molar-refractivity contribution in [3.8, 4) is 28.3 Å². The van der Waals surface area contributed by atoms with Gasteiger partial charge in [0.2, 0.25) is 0 Å². The number of nitrogens with zero attached hydrogens (tertiary/aromatic N) is 2. The van der Waals surface area contributed by atoms with Crippen LogP contribution in [0.5, 0.6) is 11.5 Å². The predicted molar refractivity (Wildman–Crippen MR) is 94.8 cm³/mol. The van der Waals surface area contributed by atoms with Gasteiger partial charge in [0, 0.05) is 23.1 Å². The molecule has 1 aromatic heterocycles. The fraction of sp³-hybridized carbons (Fsp3) is 0. The highest BCUT2D eigenvalue weighted by Crippen LogP contribution is 2.33. The Kier molecular flexibility index (Phi) is 3.77. The first-order valence-electron chi connectivity index (χ1n) is 7.59. The Morgan fingerprint density at radius 3 is 2.50 bits per heavy atom. The van der Waals surface area contributed by atoms with Crippen LogP contribution in [-0.4, -0.2) is 20.0 Å². The molecular formula is C19H11ClF2N2O2. The predicted octanol–water partition coefficient (Wildman–Crippen LogP) is 5.04. The molecule has 0 atom stereocenters. The molecular weight excluding hydrogens is 362 g/mol. The standard InChI is InChI=1S/C19H11ClF2N2O2/c20-15-8-13(25)2-3-14(15)10-1-4-17-11(5-10)9-23-24(17)12-6-16(21)19(22)18(26)7-12/h1-9,25-26H. The maximum atomic E-state index is 13.6. The molecule has 4 nitrogen and oxygen atoms in total. The average Bonchev–Trinajstić information content (AvgIpc) is 3.02. The molecule has 0 amide bonds. The SMILES string of the molecule is Oc1ccc(-c2ccc3c(cnn3-c3cc(O)c(F)c(F)c3)c2)c(Cl)c1. The number of halogens is 3. The highest BCUT2D eigenvalue weighted by Gasteiger charge is 2.14. The molecule has 7 heteroatoms. The number of aromatic hydroxyl groups is 2. The van der Waals surface area contributed by atoms with Crippen molar-refractivity contribution in [1.82, 2.24) is 9.78 Å². The van der Waals surface area contributed by atoms with Crippen molar-refractivity contribution in [2.24, 2.45) is 0 Å². The average molecular weight is 373 g/mol. The van der Waals surface area contributed by atoms with E-state index in [1.165, 1.54) is 10.7 Å². The van der Waals surface area contributed by atoms with Gasteiger partial charge in [-0.3, -0.25) is 0 Å². The minimum Gasteiger partial charge on any atom is -0.508 e. The Morgan fingerprint density at radius 1 is 0.962 bits per heavy atom. The first-order chi connectivity index (χ1) is 12.4. The smallest absolute Gasteiger partial charge is 0.200 e. The largest absolute Gasteiger partial charge is 0.508 e. The van der Waals surface area contributed by atoms with Crippen molar-refractivity contribution in [3.05, 3.63) is 71.4 Å². The van der Waals surface area contributed by atoms with Crippen LogP contribution < -0.4 is 0 Å². The molecule has 130 valence electrons. The third-order valence-electron chi connectivity index (χ3n) is 4.07. The summed E-state index contributed by atoms with van der Waals surface area (Å²) in [6, 6.07) is 12.2. The molecule has 26 heavy (non-hydrogen) atoms. The number of phenolic OH excluding ortho intramolecular Hbond substituents is 2. The summed E-state index contributed by atoms with van der Waals surface area (Å²) in [6.07, 6.45) is 1.57. The normalized spacial score (nSPS) is 11.2. The zero-order chi connectivity index (χ0) is 18.4. The van der Waals surface area contributed by atoms with Gasteiger partial charge >= 0.3 is 0 Å². The Morgan fingerprint density at radius 2 is 1.77 bits per heavy atom. The molecule has 3 aromatic carbocycles. The molecule has 1 heterocycles. The van der Waals surface area contributed by atoms with Gasteiger partial charge in [-0.05, 0) is 35.9 Å². The lowest BCUT2D eigenvalue weighted by atomic mass is 10.0. The van der Waals surface area contributed by atoms with Crippen molar-refractivity contribution in [3.63, 3.8) is 0 Å². The lowest BCUT2D eigenvalue weighted by Gasteiger charge is -2.08. The lowest BCUT2D eigenvalue weighted by molar-refractivity contribution is 0.406. The van der Waals surface area contributed by atoms with Crippen LogP contribution in [-0.2, 0) is 0 Å². The number of rotatable bonds is 2. The van der Waals surface area contributed by atoms with Gasteiger partial charge in [0.15, 0.2) is 17.4 Å². The third kappa shape index (κ3) is 2.64. The summed E-state index contributed by atoms with van der Waals surface area (Å²) in [5.74, 6) is -3.16. The molecule has 0 spiro atoms. The number of hydrogen-bond donors (Lipinski definition) is 2. The molecule has 4 rings (SSSR count). The molecule has 0 aliphatic carbocycles. The van der Waals surface area contributed by atoms with Gasteiger partial charge in [-0.15, -0.1) is 0 Å². The van der Waals surface area contributed by atoms with Crippen LogP contribution in [0.15, 0.2) is 54.7 Å². The van der Waals surface area contributed by atoms with E-state index in [1.807, 2.05) is 6.07 Å². The highest BCUT2D eigenvalue weighted by atomic mass is 35.5. The molecule has 0 saturated carbocycles. The van der Waals surface area contributed by atoms with Gasteiger partial charge in [-0.1, -0.05) is 17.7 Å². The maximum Gasteiger partial charge on any atom is 0.200 e. The summed E-state index contributed by atoms with van der Waals surface area (Å²) < 4.78 is 28.3. The van der Waals surface area contributed by atoms with Crippen LogP contribution in [0.3, 0.4) is 0 Å². The summed E-state index contributed by atoms with van der Waals surface area (Å²) in [7, 11) is 0. The number of hydrogen-bond acceptors (Lipinski definition) is 3. The Labute approximate surface area is 151 Å². The minimum atomic E-state index is -1.30. The van der Waals surface area contributed by atoms with E-state index in [2.05, 4.69) is 5.10 Å². The van der Waals surface area contributed by atoms with Crippen molar-refractivity contribution >= 4 is 22.5 Å². The Bertz CT molecular complexity index is 1130. The molecule has 0 radical (unpaired) electrons. The van der Waals surface area contributed by atoms with E-state index in [-0.39, 0.29) is 11.4 Å². The van der Waals surface area contributed by atoms with E-state index in [1.54, 1.807) is 30.5 Å². The minimum absolute atomic E-state index is 0.0748. The van der Waals surface area contributed by atoms with Crippen molar-refractivity contribution in [2.45, 2.75) is 0 Å². The Balaban J connectivity index is 1.84. The van der Waals surface area contributed by atoms with Crippen LogP contribution >= 0.6 is 11.6 Å². The molecule has 2 N–H and O–H groups in total. The van der Waals surface area contributed by atoms with Gasteiger partial charge in [-0.25, -0.2) is 9.07 Å². The van der Waals surface area contributed by atoms with Gasteiger partial charge in [0.25, 0.3) is 0 Å². The van der Waals surface area contributed by atoms with Gasteiger partial charge in [0.1, 0.15) is 5.75 Å². The van der Waals surface area contributed by atoms with E-state index >= 15 is 0 Å². The van der Waals surface area contributed by atoms with Crippen LogP contribution in [0.2, 0.25) is 5.02 Å². The third-order valence-corrected chi connectivity index (χ3v) is 4.38. The summed E-state index contributed by atoms with van der Waals surface area (Å²) in [6.45, 7) is 0. The molecule has 0 unspecified atom stereocenters. The maximum absolute atomic E-state index is 13.6. The molecule has 0 saturated heterocycles. The van der Waals surface area contributed by atoms with E-state index < -0.39 is 17.4 Å². The topological polar surface area (TPSA) is 58.3 Å². The highest BCUT2D eigenvalue weighted by molar-refractivity contribution is 6.33. The van der Waals surface area contributed by atoms with Crippen LogP contribution in [0.1, 0.15) is 0 Å². The number of aromatic nitrogens is 2. The van der Waals surface area contributed by atoms with Crippen LogP contribution in [0.4, 0.5) is 8.78 Å². The molecule has 0 fully saturated rings. The first kappa shape index (κ1) is 16.4. The second kappa shape index (κ2) is 6.00. The van der Waals surface area contributed by atoms with E-state index in [9.17, 15) is 19.0 Å². The van der Waals surface area contributed by atoms with Crippen LogP contribution in [0.25, 0.3) is 27.7 Å². The van der Waals surface area contributed by atoms with Crippen molar-refractivity contribution < 1.29 is 19.0 Å². The number of fused-ring (bicyclic) bond motifs is 1. The molecule has 0 aliphatic rings. The zero-order valence-corrected chi connectivity index (χ0v) is 13.9. The molecule has 0 bridgehead atoms. The molecule has 4 aromatic rings. The summed E-state index contributed by atoms with van der Waals surface area (Å²) in [5.41, 5.74) is 2.40. The second-order valence-electron chi connectivity index (χ2n) is 5.75. The number of benzene rings is 3. The van der Waals surface area contributed by atoms with Crippen LogP contribution in [0, 0.1) is 11.6 Å². The van der Waals surface area contributed by atoms with Crippen molar-refractivity contribution in [1.29, 1.82) is 0 Å². The summed E-state index contributed by atoms with van der Waals surface area (Å²) in [5, 5.41) is 24.3. The fourth-order valence-corrected chi connectivity index (χ4v) is 3.11. The summed E-state index contributed by atoms with van der Waals surface area (Å²) >= 11 is 6.18. The zero-order valence-electron chi connectivity index (χ0n) is 13.1. The second-order valence-corrected chi connectivity index (χ2v) is 6.16. The first-order valence-corrected chi connectivity index (χ1v) is 7.97. The van der Waals surface area contributed by atoms with E-state index in [0.29, 0.717) is 10.5 Å². The van der Waals surface area contributed by atoms with Gasteiger partial charge in [-0.2, -0.15) is 9.49 Å².